The highest BCUT2D eigenvalue weighted by Gasteiger charge is 2.27. The number of hydrogen-bond acceptors (Lipinski definition) is 6. The summed E-state index contributed by atoms with van der Waals surface area (Å²) in [6.45, 7) is 0.156. The monoisotopic (exact) mass is 422 g/mol. The molecule has 0 saturated carbocycles. The molecule has 2 aliphatic rings. The molecule has 10 heteroatoms. The molecule has 0 aromatic heterocycles. The van der Waals surface area contributed by atoms with E-state index in [0.717, 1.165) is 17.3 Å². The maximum Gasteiger partial charge on any atom is 0.284 e. The van der Waals surface area contributed by atoms with E-state index in [0.29, 0.717) is 16.4 Å². The number of amidine groups is 1. The molecule has 0 radical (unpaired) electrons. The molecule has 1 N–H and O–H groups in total. The van der Waals surface area contributed by atoms with Crippen molar-refractivity contribution >= 4 is 50.5 Å². The van der Waals surface area contributed by atoms with Gasteiger partial charge in [-0.1, -0.05) is 23.7 Å². The number of carbonyl (C=O) groups excluding carboxylic acids is 1. The number of benzene rings is 2. The predicted molar refractivity (Wildman–Crippen MR) is 102 cm³/mol. The van der Waals surface area contributed by atoms with E-state index < -0.39 is 15.9 Å². The zero-order valence-corrected chi connectivity index (χ0v) is 15.9. The molecule has 0 spiro atoms. The van der Waals surface area contributed by atoms with E-state index in [1.54, 1.807) is 30.3 Å². The summed E-state index contributed by atoms with van der Waals surface area (Å²) in [6, 6.07) is 11.0. The summed E-state index contributed by atoms with van der Waals surface area (Å²) in [5.41, 5.74) is 0.718. The van der Waals surface area contributed by atoms with Crippen molar-refractivity contribution in [2.24, 2.45) is 4.40 Å². The van der Waals surface area contributed by atoms with Crippen LogP contribution in [0.4, 0.5) is 0 Å². The molecule has 2 aromatic rings. The highest BCUT2D eigenvalue weighted by atomic mass is 35.5. The maximum atomic E-state index is 12.4. The molecular formula is C17H11ClN2O5S2. The van der Waals surface area contributed by atoms with Gasteiger partial charge in [0.1, 0.15) is 0 Å². The molecule has 2 aromatic carbocycles. The molecule has 2 aliphatic heterocycles. The van der Waals surface area contributed by atoms with E-state index in [2.05, 4.69) is 9.71 Å². The molecule has 7 nitrogen and oxygen atoms in total. The molecule has 27 heavy (non-hydrogen) atoms. The fourth-order valence-corrected chi connectivity index (χ4v) is 4.70. The number of halogens is 1. The van der Waals surface area contributed by atoms with Crippen LogP contribution in [0.2, 0.25) is 5.02 Å². The summed E-state index contributed by atoms with van der Waals surface area (Å²) in [6.07, 6.45) is 1.62. The first-order valence-electron chi connectivity index (χ1n) is 7.62. The van der Waals surface area contributed by atoms with Gasteiger partial charge in [-0.2, -0.15) is 8.42 Å². The number of sulfonamides is 1. The fraction of sp³-hybridized carbons (Fsp3) is 0.0588. The highest BCUT2D eigenvalue weighted by Crippen LogP contribution is 2.34. The Morgan fingerprint density at radius 3 is 2.78 bits per heavy atom. The van der Waals surface area contributed by atoms with Crippen LogP contribution in [0.5, 0.6) is 11.5 Å². The van der Waals surface area contributed by atoms with E-state index in [4.69, 9.17) is 21.1 Å². The van der Waals surface area contributed by atoms with Crippen molar-refractivity contribution in [2.45, 2.75) is 4.90 Å². The SMILES string of the molecule is O=C1NC(=NS(=O)(=O)c2cccc(Cl)c2)S/C1=C\c1ccc2c(c1)OCO2. The van der Waals surface area contributed by atoms with Crippen LogP contribution in [0.3, 0.4) is 0 Å². The van der Waals surface area contributed by atoms with Crippen molar-refractivity contribution in [3.8, 4) is 11.5 Å². The zero-order chi connectivity index (χ0) is 19.0. The molecule has 2 heterocycles. The van der Waals surface area contributed by atoms with Crippen LogP contribution in [0, 0.1) is 0 Å². The maximum absolute atomic E-state index is 12.4. The second-order valence-electron chi connectivity index (χ2n) is 5.51. The number of amides is 1. The Labute approximate surface area is 164 Å². The Morgan fingerprint density at radius 1 is 1.15 bits per heavy atom. The van der Waals surface area contributed by atoms with Crippen LogP contribution in [0.15, 0.2) is 56.7 Å². The van der Waals surface area contributed by atoms with E-state index in [9.17, 15) is 13.2 Å². The number of nitrogens with one attached hydrogen (secondary N) is 1. The molecule has 0 aliphatic carbocycles. The van der Waals surface area contributed by atoms with Gasteiger partial charge in [0, 0.05) is 5.02 Å². The minimum Gasteiger partial charge on any atom is -0.454 e. The van der Waals surface area contributed by atoms with Gasteiger partial charge in [-0.3, -0.25) is 10.1 Å². The van der Waals surface area contributed by atoms with Crippen molar-refractivity contribution < 1.29 is 22.7 Å². The van der Waals surface area contributed by atoms with Gasteiger partial charge in [0.25, 0.3) is 15.9 Å². The fourth-order valence-electron chi connectivity index (χ4n) is 2.41. The molecule has 1 amide bonds. The van der Waals surface area contributed by atoms with Gasteiger partial charge < -0.3 is 9.47 Å². The van der Waals surface area contributed by atoms with Crippen molar-refractivity contribution in [1.82, 2.24) is 5.32 Å². The lowest BCUT2D eigenvalue weighted by Crippen LogP contribution is -2.20. The van der Waals surface area contributed by atoms with Gasteiger partial charge in [-0.05, 0) is 53.7 Å². The highest BCUT2D eigenvalue weighted by molar-refractivity contribution is 8.19. The van der Waals surface area contributed by atoms with Crippen LogP contribution < -0.4 is 14.8 Å². The van der Waals surface area contributed by atoms with E-state index >= 15 is 0 Å². The third kappa shape index (κ3) is 3.80. The summed E-state index contributed by atoms with van der Waals surface area (Å²) >= 11 is 6.77. The van der Waals surface area contributed by atoms with Gasteiger partial charge in [0.05, 0.1) is 9.80 Å². The third-order valence-electron chi connectivity index (χ3n) is 3.64. The smallest absolute Gasteiger partial charge is 0.284 e. The quantitative estimate of drug-likeness (QED) is 0.764. The third-order valence-corrected chi connectivity index (χ3v) is 6.18. The molecular weight excluding hydrogens is 412 g/mol. The molecule has 1 fully saturated rings. The largest absolute Gasteiger partial charge is 0.454 e. The normalized spacial score (nSPS) is 18.9. The van der Waals surface area contributed by atoms with Crippen LogP contribution in [-0.4, -0.2) is 26.3 Å². The summed E-state index contributed by atoms with van der Waals surface area (Å²) in [5, 5.41) is 2.71. The first-order valence-corrected chi connectivity index (χ1v) is 10.3. The lowest BCUT2D eigenvalue weighted by molar-refractivity contribution is -0.115. The van der Waals surface area contributed by atoms with Crippen molar-refractivity contribution in [3.05, 3.63) is 58.0 Å². The summed E-state index contributed by atoms with van der Waals surface area (Å²) < 4.78 is 39.0. The minimum atomic E-state index is -3.99. The average molecular weight is 423 g/mol. The number of ether oxygens (including phenoxy) is 2. The number of rotatable bonds is 3. The Balaban J connectivity index is 1.59. The number of nitrogens with zero attached hydrogens (tertiary/aromatic N) is 1. The minimum absolute atomic E-state index is 0.0213. The molecule has 138 valence electrons. The Kier molecular flexibility index (Phi) is 4.58. The molecule has 0 unspecified atom stereocenters. The predicted octanol–water partition coefficient (Wildman–Crippen LogP) is 3.02. The van der Waals surface area contributed by atoms with Gasteiger partial charge in [0.2, 0.25) is 6.79 Å². The second kappa shape index (κ2) is 6.91. The molecule has 0 bridgehead atoms. The van der Waals surface area contributed by atoms with Gasteiger partial charge in [-0.15, -0.1) is 4.40 Å². The van der Waals surface area contributed by atoms with Gasteiger partial charge >= 0.3 is 0 Å². The second-order valence-corrected chi connectivity index (χ2v) is 8.58. The first kappa shape index (κ1) is 17.9. The first-order chi connectivity index (χ1) is 12.9. The molecule has 4 rings (SSSR count). The lowest BCUT2D eigenvalue weighted by Gasteiger charge is -2.00. The number of fused-ring (bicyclic) bond motifs is 1. The van der Waals surface area contributed by atoms with Crippen LogP contribution in [0.25, 0.3) is 6.08 Å². The summed E-state index contributed by atoms with van der Waals surface area (Å²) in [5.74, 6) is 0.790. The molecule has 0 atom stereocenters. The summed E-state index contributed by atoms with van der Waals surface area (Å²) in [4.78, 5) is 12.4. The van der Waals surface area contributed by atoms with Crippen LogP contribution in [-0.2, 0) is 14.8 Å². The topological polar surface area (TPSA) is 94.1 Å². The van der Waals surface area contributed by atoms with Crippen molar-refractivity contribution in [2.75, 3.05) is 6.79 Å². The lowest BCUT2D eigenvalue weighted by atomic mass is 10.2. The summed E-state index contributed by atoms with van der Waals surface area (Å²) in [7, 11) is -3.99. The Morgan fingerprint density at radius 2 is 1.96 bits per heavy atom. The Hall–Kier alpha value is -2.49. The standard InChI is InChI=1S/C17H11ClN2O5S2/c18-11-2-1-3-12(8-11)27(22,23)20-17-19-16(21)15(26-17)7-10-4-5-13-14(6-10)25-9-24-13/h1-8H,9H2,(H,19,20,21)/b15-7-. The number of carbonyl (C=O) groups is 1. The van der Waals surface area contributed by atoms with E-state index in [1.165, 1.54) is 18.2 Å². The van der Waals surface area contributed by atoms with Gasteiger partial charge in [0.15, 0.2) is 16.7 Å². The van der Waals surface area contributed by atoms with Crippen molar-refractivity contribution in [1.29, 1.82) is 0 Å². The van der Waals surface area contributed by atoms with Crippen molar-refractivity contribution in [3.63, 3.8) is 0 Å². The zero-order valence-electron chi connectivity index (χ0n) is 13.5. The van der Waals surface area contributed by atoms with E-state index in [-0.39, 0.29) is 21.9 Å². The van der Waals surface area contributed by atoms with Crippen LogP contribution >= 0.6 is 23.4 Å². The number of thioether (sulfide) groups is 1. The van der Waals surface area contributed by atoms with E-state index in [1.807, 2.05) is 0 Å². The average Bonchev–Trinajstić information content (AvgIpc) is 3.21. The number of hydrogen-bond donors (Lipinski definition) is 1. The van der Waals surface area contributed by atoms with Crippen LogP contribution in [0.1, 0.15) is 5.56 Å². The Bertz CT molecular complexity index is 1110. The van der Waals surface area contributed by atoms with Gasteiger partial charge in [-0.25, -0.2) is 0 Å². The molecule has 1 saturated heterocycles.